The summed E-state index contributed by atoms with van der Waals surface area (Å²) in [4.78, 5) is 45.6. The molecule has 2 heterocycles. The smallest absolute Gasteiger partial charge is 0.224 e. The molecule has 2 aromatic rings. The number of carbonyl (C=O) groups is 3. The third-order valence-electron chi connectivity index (χ3n) is 8.04. The van der Waals surface area contributed by atoms with Crippen LogP contribution in [0.3, 0.4) is 0 Å². The predicted molar refractivity (Wildman–Crippen MR) is 161 cm³/mol. The Labute approximate surface area is 246 Å². The van der Waals surface area contributed by atoms with E-state index in [2.05, 4.69) is 21.8 Å². The largest absolute Gasteiger partial charge is 0.379 e. The number of benzene rings is 1. The molecule has 0 spiro atoms. The van der Waals surface area contributed by atoms with Crippen molar-refractivity contribution in [1.82, 2.24) is 15.2 Å². The van der Waals surface area contributed by atoms with Gasteiger partial charge in [0.15, 0.2) is 5.78 Å². The van der Waals surface area contributed by atoms with E-state index in [-0.39, 0.29) is 29.9 Å². The van der Waals surface area contributed by atoms with Gasteiger partial charge in [0.05, 0.1) is 34.4 Å². The highest BCUT2D eigenvalue weighted by Gasteiger charge is 2.27. The molecule has 4 rings (SSSR count). The summed E-state index contributed by atoms with van der Waals surface area (Å²) in [6.07, 6.45) is 8.38. The van der Waals surface area contributed by atoms with Crippen molar-refractivity contribution >= 4 is 50.6 Å². The maximum Gasteiger partial charge on any atom is 0.224 e. The minimum absolute atomic E-state index is 0.0253. The van der Waals surface area contributed by atoms with E-state index < -0.39 is 5.92 Å². The minimum atomic E-state index is -0.505. The number of Topliss-reactive ketones (excluding diaryl/α,β-unsaturated/α-hetero) is 2. The Bertz CT molecular complexity index is 1190. The van der Waals surface area contributed by atoms with Gasteiger partial charge in [-0.15, -0.1) is 11.3 Å². The van der Waals surface area contributed by atoms with Crippen molar-refractivity contribution in [2.24, 2.45) is 11.8 Å². The van der Waals surface area contributed by atoms with E-state index in [9.17, 15) is 14.4 Å². The third kappa shape index (κ3) is 9.47. The molecule has 218 valence electrons. The molecule has 2 fully saturated rings. The van der Waals surface area contributed by atoms with Crippen LogP contribution < -0.4 is 5.32 Å². The zero-order valence-corrected chi connectivity index (χ0v) is 25.2. The number of fused-ring (bicyclic) bond motifs is 1. The van der Waals surface area contributed by atoms with E-state index in [0.717, 1.165) is 47.6 Å². The molecule has 1 aromatic heterocycles. The van der Waals surface area contributed by atoms with Crippen LogP contribution in [0.4, 0.5) is 0 Å². The molecule has 0 unspecified atom stereocenters. The van der Waals surface area contributed by atoms with Gasteiger partial charge in [-0.3, -0.25) is 14.5 Å². The lowest BCUT2D eigenvalue weighted by atomic mass is 9.83. The van der Waals surface area contributed by atoms with E-state index in [0.29, 0.717) is 55.5 Å². The molecular weight excluding hydrogens is 546 g/mol. The first kappa shape index (κ1) is 30.8. The first-order chi connectivity index (χ1) is 19.3. The summed E-state index contributed by atoms with van der Waals surface area (Å²) >= 11 is 7.65. The summed E-state index contributed by atoms with van der Waals surface area (Å²) in [5, 5.41) is 4.73. The van der Waals surface area contributed by atoms with Crippen molar-refractivity contribution in [3.05, 3.63) is 40.4 Å². The highest BCUT2D eigenvalue weighted by Crippen LogP contribution is 2.30. The van der Waals surface area contributed by atoms with Gasteiger partial charge in [0.1, 0.15) is 5.78 Å². The van der Waals surface area contributed by atoms with Crippen molar-refractivity contribution < 1.29 is 19.1 Å². The van der Waals surface area contributed by atoms with E-state index in [4.69, 9.17) is 16.3 Å². The fourth-order valence-electron chi connectivity index (χ4n) is 5.84. The molecule has 1 amide bonds. The molecule has 9 heteroatoms. The average molecular weight is 588 g/mol. The number of halogens is 1. The molecule has 1 aliphatic carbocycles. The lowest BCUT2D eigenvalue weighted by Gasteiger charge is -2.29. The average Bonchev–Trinajstić information content (AvgIpc) is 3.33. The fourth-order valence-corrected chi connectivity index (χ4v) is 7.16. The number of thiazole rings is 1. The highest BCUT2D eigenvalue weighted by atomic mass is 35.5. The number of hydrogen-bond acceptors (Lipinski definition) is 7. The molecule has 1 aromatic carbocycles. The molecule has 7 nitrogen and oxygen atoms in total. The molecule has 2 aliphatic rings. The number of ketones is 2. The van der Waals surface area contributed by atoms with Gasteiger partial charge in [0.25, 0.3) is 0 Å². The van der Waals surface area contributed by atoms with Crippen molar-refractivity contribution in [2.75, 3.05) is 32.8 Å². The van der Waals surface area contributed by atoms with Crippen LogP contribution in [0, 0.1) is 11.8 Å². The molecular formula is C31H42ClN3O4S. The van der Waals surface area contributed by atoms with Gasteiger partial charge >= 0.3 is 0 Å². The number of nitrogens with one attached hydrogen (secondary N) is 1. The predicted octanol–water partition coefficient (Wildman–Crippen LogP) is 5.78. The zero-order chi connectivity index (χ0) is 28.5. The van der Waals surface area contributed by atoms with Gasteiger partial charge in [-0.05, 0) is 43.9 Å². The van der Waals surface area contributed by atoms with Crippen LogP contribution in [0.25, 0.3) is 10.2 Å². The molecule has 0 radical (unpaired) electrons. The molecule has 40 heavy (non-hydrogen) atoms. The first-order valence-corrected chi connectivity index (χ1v) is 15.8. The number of hydrogen-bond donors (Lipinski definition) is 1. The van der Waals surface area contributed by atoms with Gasteiger partial charge in [-0.2, -0.15) is 0 Å². The van der Waals surface area contributed by atoms with Gasteiger partial charge in [-0.25, -0.2) is 4.98 Å². The molecule has 0 bridgehead atoms. The maximum absolute atomic E-state index is 13.6. The Hall–Kier alpha value is -2.13. The Morgan fingerprint density at radius 2 is 1.95 bits per heavy atom. The number of rotatable bonds is 14. The van der Waals surface area contributed by atoms with Crippen LogP contribution in [-0.4, -0.2) is 66.2 Å². The van der Waals surface area contributed by atoms with E-state index in [1.807, 2.05) is 12.1 Å². The number of nitrogens with zero attached hydrogens (tertiary/aromatic N) is 2. The van der Waals surface area contributed by atoms with Crippen LogP contribution in [0.5, 0.6) is 0 Å². The Morgan fingerprint density at radius 3 is 2.67 bits per heavy atom. The zero-order valence-electron chi connectivity index (χ0n) is 23.6. The second-order valence-corrected chi connectivity index (χ2v) is 13.0. The van der Waals surface area contributed by atoms with E-state index >= 15 is 0 Å². The third-order valence-corrected chi connectivity index (χ3v) is 9.32. The normalized spacial score (nSPS) is 18.4. The van der Waals surface area contributed by atoms with E-state index in [1.165, 1.54) is 37.5 Å². The Balaban J connectivity index is 1.40. The first-order valence-electron chi connectivity index (χ1n) is 14.6. The molecule has 1 saturated carbocycles. The van der Waals surface area contributed by atoms with E-state index in [1.54, 1.807) is 6.07 Å². The van der Waals surface area contributed by atoms with Crippen LogP contribution in [-0.2, 0) is 25.5 Å². The Kier molecular flexibility index (Phi) is 11.7. The Morgan fingerprint density at radius 1 is 1.20 bits per heavy atom. The lowest BCUT2D eigenvalue weighted by molar-refractivity contribution is -0.129. The maximum atomic E-state index is 13.6. The number of aromatic nitrogens is 1. The van der Waals surface area contributed by atoms with Gasteiger partial charge in [0.2, 0.25) is 5.91 Å². The number of amides is 1. The fraction of sp³-hybridized carbons (Fsp3) is 0.613. The quantitative estimate of drug-likeness (QED) is 0.282. The molecule has 1 aliphatic heterocycles. The van der Waals surface area contributed by atoms with Crippen molar-refractivity contribution in [2.45, 2.75) is 77.2 Å². The number of morpholine rings is 1. The van der Waals surface area contributed by atoms with Crippen molar-refractivity contribution in [3.8, 4) is 0 Å². The summed E-state index contributed by atoms with van der Waals surface area (Å²) in [5.74, 6) is -0.0567. The van der Waals surface area contributed by atoms with Crippen molar-refractivity contribution in [1.29, 1.82) is 0 Å². The second kappa shape index (κ2) is 15.2. The standard InChI is InChI=1S/C31H42ClN3O4S/c1-21(20-35-12-14-39-15-13-35)28(37)11-9-26(17-23-6-4-3-5-7-23)33-31(38)24(16-22(2)36)18-30-34-27-10-8-25(32)19-29(27)40-30/h8,10,19,23-24,26H,1,3-7,9,11-18,20H2,2H3,(H,33,38)/t24-,26+/m0/s1. The van der Waals surface area contributed by atoms with Crippen LogP contribution >= 0.6 is 22.9 Å². The topological polar surface area (TPSA) is 88.6 Å². The van der Waals surface area contributed by atoms with Crippen LogP contribution in [0.1, 0.15) is 69.7 Å². The summed E-state index contributed by atoms with van der Waals surface area (Å²) < 4.78 is 6.37. The highest BCUT2D eigenvalue weighted by molar-refractivity contribution is 7.18. The monoisotopic (exact) mass is 587 g/mol. The summed E-state index contributed by atoms with van der Waals surface area (Å²) in [6, 6.07) is 5.45. The SMILES string of the molecule is C=C(CN1CCOCC1)C(=O)CC[C@H](CC1CCCCC1)NC(=O)[C@@H](CC(C)=O)Cc1nc2ccc(Cl)cc2s1. The lowest BCUT2D eigenvalue weighted by Crippen LogP contribution is -2.42. The van der Waals surface area contributed by atoms with Gasteiger partial charge < -0.3 is 14.8 Å². The summed E-state index contributed by atoms with van der Waals surface area (Å²) in [6.45, 7) is 9.14. The van der Waals surface area contributed by atoms with Gasteiger partial charge in [0, 0.05) is 55.5 Å². The number of carbonyl (C=O) groups excluding carboxylic acids is 3. The van der Waals surface area contributed by atoms with Crippen LogP contribution in [0.15, 0.2) is 30.4 Å². The molecule has 2 atom stereocenters. The molecule has 1 saturated heterocycles. The van der Waals surface area contributed by atoms with Crippen LogP contribution in [0.2, 0.25) is 5.02 Å². The summed E-state index contributed by atoms with van der Waals surface area (Å²) in [7, 11) is 0. The minimum Gasteiger partial charge on any atom is -0.379 e. The molecule has 1 N–H and O–H groups in total. The number of ether oxygens (including phenoxy) is 1. The van der Waals surface area contributed by atoms with Gasteiger partial charge in [-0.1, -0.05) is 50.3 Å². The van der Waals surface area contributed by atoms with Crippen molar-refractivity contribution in [3.63, 3.8) is 0 Å². The second-order valence-electron chi connectivity index (χ2n) is 11.4. The summed E-state index contributed by atoms with van der Waals surface area (Å²) in [5.41, 5.74) is 1.47.